The summed E-state index contributed by atoms with van der Waals surface area (Å²) in [6, 6.07) is 0.800. The second-order valence-electron chi connectivity index (χ2n) is 5.39. The van der Waals surface area contributed by atoms with Gasteiger partial charge in [0.1, 0.15) is 0 Å². The molecule has 0 aromatic rings. The third-order valence-corrected chi connectivity index (χ3v) is 5.90. The highest BCUT2D eigenvalue weighted by atomic mass is 32.2. The van der Waals surface area contributed by atoms with Crippen LogP contribution in [0.1, 0.15) is 45.4 Å². The SMILES string of the molecule is CCC1CCC(NC2CCS(=O)(=O)C2)CC1. The Hall–Kier alpha value is -0.0900. The van der Waals surface area contributed by atoms with Crippen LogP contribution >= 0.6 is 0 Å². The summed E-state index contributed by atoms with van der Waals surface area (Å²) in [6.07, 6.45) is 7.20. The first-order valence-electron chi connectivity index (χ1n) is 6.55. The predicted octanol–water partition coefficient (Wildman–Crippen LogP) is 1.73. The Bertz CT molecular complexity index is 318. The van der Waals surface area contributed by atoms with E-state index in [1.165, 1.54) is 32.1 Å². The maximum absolute atomic E-state index is 11.3. The standard InChI is InChI=1S/C12H23NO2S/c1-2-10-3-5-11(6-4-10)13-12-7-8-16(14,15)9-12/h10-13H,2-9H2,1H3. The molecule has 2 fully saturated rings. The van der Waals surface area contributed by atoms with Crippen molar-refractivity contribution >= 4 is 9.84 Å². The minimum atomic E-state index is -2.72. The smallest absolute Gasteiger partial charge is 0.151 e. The average molecular weight is 245 g/mol. The van der Waals surface area contributed by atoms with Crippen molar-refractivity contribution in [3.63, 3.8) is 0 Å². The zero-order valence-corrected chi connectivity index (χ0v) is 10.9. The van der Waals surface area contributed by atoms with Crippen LogP contribution in [0, 0.1) is 5.92 Å². The third-order valence-electron chi connectivity index (χ3n) is 4.13. The number of rotatable bonds is 3. The van der Waals surface area contributed by atoms with E-state index >= 15 is 0 Å². The quantitative estimate of drug-likeness (QED) is 0.823. The molecule has 1 aliphatic heterocycles. The summed E-state index contributed by atoms with van der Waals surface area (Å²) >= 11 is 0. The van der Waals surface area contributed by atoms with Gasteiger partial charge in [-0.2, -0.15) is 0 Å². The van der Waals surface area contributed by atoms with E-state index in [0.29, 0.717) is 17.5 Å². The summed E-state index contributed by atoms with van der Waals surface area (Å²) in [7, 11) is -2.72. The van der Waals surface area contributed by atoms with E-state index in [1.54, 1.807) is 0 Å². The van der Waals surface area contributed by atoms with Gasteiger partial charge in [-0.15, -0.1) is 0 Å². The van der Waals surface area contributed by atoms with Crippen molar-refractivity contribution < 1.29 is 8.42 Å². The molecule has 0 radical (unpaired) electrons. The van der Waals surface area contributed by atoms with E-state index in [1.807, 2.05) is 0 Å². The van der Waals surface area contributed by atoms with Crippen LogP contribution in [-0.4, -0.2) is 32.0 Å². The van der Waals surface area contributed by atoms with Crippen LogP contribution in [0.2, 0.25) is 0 Å². The van der Waals surface area contributed by atoms with Crippen LogP contribution in [-0.2, 0) is 9.84 Å². The highest BCUT2D eigenvalue weighted by molar-refractivity contribution is 7.91. The Morgan fingerprint density at radius 3 is 2.25 bits per heavy atom. The van der Waals surface area contributed by atoms with Crippen LogP contribution in [0.4, 0.5) is 0 Å². The molecule has 0 amide bonds. The molecule has 1 heterocycles. The molecule has 0 aromatic carbocycles. The maximum atomic E-state index is 11.3. The van der Waals surface area contributed by atoms with Crippen LogP contribution < -0.4 is 5.32 Å². The van der Waals surface area contributed by atoms with E-state index in [-0.39, 0.29) is 6.04 Å². The predicted molar refractivity (Wildman–Crippen MR) is 66.2 cm³/mol. The van der Waals surface area contributed by atoms with Crippen LogP contribution in [0.15, 0.2) is 0 Å². The third kappa shape index (κ3) is 3.20. The van der Waals surface area contributed by atoms with Crippen LogP contribution in [0.25, 0.3) is 0 Å². The summed E-state index contributed by atoms with van der Waals surface area (Å²) in [6.45, 7) is 2.27. The molecule has 1 saturated carbocycles. The van der Waals surface area contributed by atoms with Gasteiger partial charge in [-0.3, -0.25) is 0 Å². The molecule has 1 atom stereocenters. The second-order valence-corrected chi connectivity index (χ2v) is 7.62. The fourth-order valence-electron chi connectivity index (χ4n) is 3.00. The van der Waals surface area contributed by atoms with Crippen molar-refractivity contribution in [1.29, 1.82) is 0 Å². The summed E-state index contributed by atoms with van der Waals surface area (Å²) in [5.41, 5.74) is 0. The highest BCUT2D eigenvalue weighted by Gasteiger charge is 2.30. The molecule has 0 aromatic heterocycles. The maximum Gasteiger partial charge on any atom is 0.151 e. The summed E-state index contributed by atoms with van der Waals surface area (Å²) in [5.74, 6) is 1.65. The molecule has 94 valence electrons. The van der Waals surface area contributed by atoms with Gasteiger partial charge in [0, 0.05) is 12.1 Å². The first-order valence-corrected chi connectivity index (χ1v) is 8.37. The number of hydrogen-bond acceptors (Lipinski definition) is 3. The minimum absolute atomic E-state index is 0.230. The van der Waals surface area contributed by atoms with Crippen molar-refractivity contribution in [1.82, 2.24) is 5.32 Å². The van der Waals surface area contributed by atoms with Gasteiger partial charge in [0.2, 0.25) is 0 Å². The van der Waals surface area contributed by atoms with E-state index in [9.17, 15) is 8.42 Å². The Kier molecular flexibility index (Phi) is 3.90. The Labute approximate surface area is 98.9 Å². The lowest BCUT2D eigenvalue weighted by Crippen LogP contribution is -2.41. The van der Waals surface area contributed by atoms with Crippen LogP contribution in [0.5, 0.6) is 0 Å². The lowest BCUT2D eigenvalue weighted by molar-refractivity contribution is 0.273. The molecule has 2 aliphatic rings. The Balaban J connectivity index is 1.75. The molecule has 1 saturated heterocycles. The molecule has 1 aliphatic carbocycles. The van der Waals surface area contributed by atoms with Gasteiger partial charge in [0.05, 0.1) is 11.5 Å². The molecule has 3 nitrogen and oxygen atoms in total. The molecule has 1 unspecified atom stereocenters. The van der Waals surface area contributed by atoms with E-state index < -0.39 is 9.84 Å². The van der Waals surface area contributed by atoms with Gasteiger partial charge in [0.15, 0.2) is 9.84 Å². The highest BCUT2D eigenvalue weighted by Crippen LogP contribution is 2.27. The largest absolute Gasteiger partial charge is 0.310 e. The van der Waals surface area contributed by atoms with Crippen molar-refractivity contribution in [3.05, 3.63) is 0 Å². The summed E-state index contributed by atoms with van der Waals surface area (Å²) < 4.78 is 22.7. The fourth-order valence-corrected chi connectivity index (χ4v) is 4.68. The van der Waals surface area contributed by atoms with Gasteiger partial charge in [0.25, 0.3) is 0 Å². The van der Waals surface area contributed by atoms with Gasteiger partial charge >= 0.3 is 0 Å². The second kappa shape index (κ2) is 5.05. The topological polar surface area (TPSA) is 46.2 Å². The molecule has 16 heavy (non-hydrogen) atoms. The van der Waals surface area contributed by atoms with Gasteiger partial charge in [-0.25, -0.2) is 8.42 Å². The Morgan fingerprint density at radius 2 is 1.75 bits per heavy atom. The first kappa shape index (κ1) is 12.4. The lowest BCUT2D eigenvalue weighted by atomic mass is 9.84. The van der Waals surface area contributed by atoms with E-state index in [4.69, 9.17) is 0 Å². The van der Waals surface area contributed by atoms with Crippen molar-refractivity contribution in [2.24, 2.45) is 5.92 Å². The average Bonchev–Trinajstić information content (AvgIpc) is 2.59. The first-order chi connectivity index (χ1) is 7.59. The Morgan fingerprint density at radius 1 is 1.06 bits per heavy atom. The van der Waals surface area contributed by atoms with Gasteiger partial charge < -0.3 is 5.32 Å². The lowest BCUT2D eigenvalue weighted by Gasteiger charge is -2.30. The molecule has 0 bridgehead atoms. The normalized spacial score (nSPS) is 38.7. The molecule has 2 rings (SSSR count). The monoisotopic (exact) mass is 245 g/mol. The van der Waals surface area contributed by atoms with Crippen molar-refractivity contribution in [3.8, 4) is 0 Å². The number of sulfone groups is 1. The fraction of sp³-hybridized carbons (Fsp3) is 1.00. The minimum Gasteiger partial charge on any atom is -0.310 e. The molecule has 1 N–H and O–H groups in total. The van der Waals surface area contributed by atoms with Gasteiger partial charge in [-0.1, -0.05) is 13.3 Å². The molecule has 4 heteroatoms. The zero-order valence-electron chi connectivity index (χ0n) is 10.1. The van der Waals surface area contributed by atoms with E-state index in [2.05, 4.69) is 12.2 Å². The molecular weight excluding hydrogens is 222 g/mol. The van der Waals surface area contributed by atoms with Gasteiger partial charge in [-0.05, 0) is 38.0 Å². The van der Waals surface area contributed by atoms with Crippen LogP contribution in [0.3, 0.4) is 0 Å². The summed E-state index contributed by atoms with van der Waals surface area (Å²) in [4.78, 5) is 0. The number of hydrogen-bond donors (Lipinski definition) is 1. The molecule has 0 spiro atoms. The summed E-state index contributed by atoms with van der Waals surface area (Å²) in [5, 5.41) is 3.54. The van der Waals surface area contributed by atoms with Crippen molar-refractivity contribution in [2.75, 3.05) is 11.5 Å². The number of nitrogens with one attached hydrogen (secondary N) is 1. The van der Waals surface area contributed by atoms with Crippen molar-refractivity contribution in [2.45, 2.75) is 57.5 Å². The van der Waals surface area contributed by atoms with E-state index in [0.717, 1.165) is 12.3 Å². The molecular formula is C12H23NO2S. The zero-order chi connectivity index (χ0) is 11.6.